The SMILES string of the molecule is CCOC(=O)COc1cc2c(cc1Cc1ccc3c(c1)OCO3)OCO2. The van der Waals surface area contributed by atoms with E-state index in [1.807, 2.05) is 24.3 Å². The lowest BCUT2D eigenvalue weighted by Crippen LogP contribution is -2.15. The van der Waals surface area contributed by atoms with E-state index < -0.39 is 5.97 Å². The Morgan fingerprint density at radius 3 is 2.42 bits per heavy atom. The van der Waals surface area contributed by atoms with Gasteiger partial charge in [0.25, 0.3) is 0 Å². The molecule has 0 radical (unpaired) electrons. The molecule has 2 aliphatic rings. The number of carbonyl (C=O) groups is 1. The third-order valence-electron chi connectivity index (χ3n) is 4.04. The second-order valence-corrected chi connectivity index (χ2v) is 5.77. The van der Waals surface area contributed by atoms with E-state index in [0.29, 0.717) is 30.3 Å². The first-order valence-corrected chi connectivity index (χ1v) is 8.32. The highest BCUT2D eigenvalue weighted by Gasteiger charge is 2.20. The molecule has 0 atom stereocenters. The summed E-state index contributed by atoms with van der Waals surface area (Å²) in [7, 11) is 0. The van der Waals surface area contributed by atoms with Crippen molar-refractivity contribution in [2.45, 2.75) is 13.3 Å². The molecule has 0 amide bonds. The molecule has 2 aromatic rings. The van der Waals surface area contributed by atoms with E-state index in [9.17, 15) is 4.79 Å². The molecule has 0 N–H and O–H groups in total. The minimum absolute atomic E-state index is 0.165. The Bertz CT molecular complexity index is 831. The van der Waals surface area contributed by atoms with Gasteiger partial charge in [-0.05, 0) is 30.7 Å². The van der Waals surface area contributed by atoms with Crippen molar-refractivity contribution in [1.82, 2.24) is 0 Å². The zero-order valence-corrected chi connectivity index (χ0v) is 14.3. The van der Waals surface area contributed by atoms with Gasteiger partial charge in [0, 0.05) is 18.1 Å². The van der Waals surface area contributed by atoms with Crippen molar-refractivity contribution >= 4 is 5.97 Å². The van der Waals surface area contributed by atoms with Crippen LogP contribution >= 0.6 is 0 Å². The van der Waals surface area contributed by atoms with Crippen molar-refractivity contribution in [3.05, 3.63) is 41.5 Å². The fraction of sp³-hybridized carbons (Fsp3) is 0.316. The van der Waals surface area contributed by atoms with Crippen LogP contribution in [0.4, 0.5) is 0 Å². The van der Waals surface area contributed by atoms with Gasteiger partial charge in [-0.1, -0.05) is 6.07 Å². The van der Waals surface area contributed by atoms with Gasteiger partial charge in [0.2, 0.25) is 13.6 Å². The molecule has 4 rings (SSSR count). The van der Waals surface area contributed by atoms with Crippen LogP contribution in [0.1, 0.15) is 18.1 Å². The molecule has 136 valence electrons. The van der Waals surface area contributed by atoms with Gasteiger partial charge >= 0.3 is 5.97 Å². The molecule has 0 unspecified atom stereocenters. The molecule has 0 aromatic heterocycles. The van der Waals surface area contributed by atoms with E-state index in [1.54, 1.807) is 13.0 Å². The molecule has 0 saturated heterocycles. The van der Waals surface area contributed by atoms with Crippen LogP contribution < -0.4 is 23.7 Å². The minimum atomic E-state index is -0.417. The highest BCUT2D eigenvalue weighted by Crippen LogP contribution is 2.40. The van der Waals surface area contributed by atoms with E-state index in [2.05, 4.69) is 0 Å². The molecule has 0 spiro atoms. The van der Waals surface area contributed by atoms with Crippen molar-refractivity contribution in [2.24, 2.45) is 0 Å². The van der Waals surface area contributed by atoms with Crippen molar-refractivity contribution in [1.29, 1.82) is 0 Å². The molecule has 0 aliphatic carbocycles. The summed E-state index contributed by atoms with van der Waals surface area (Å²) in [5.74, 6) is 2.84. The number of ether oxygens (including phenoxy) is 6. The average Bonchev–Trinajstić information content (AvgIpc) is 3.28. The molecule has 0 fully saturated rings. The van der Waals surface area contributed by atoms with Crippen LogP contribution in [0.3, 0.4) is 0 Å². The molecule has 0 bridgehead atoms. The molecule has 2 aromatic carbocycles. The van der Waals surface area contributed by atoms with Gasteiger partial charge in [-0.3, -0.25) is 0 Å². The highest BCUT2D eigenvalue weighted by atomic mass is 16.7. The van der Waals surface area contributed by atoms with Crippen LogP contribution in [0.2, 0.25) is 0 Å². The van der Waals surface area contributed by atoms with E-state index in [1.165, 1.54) is 0 Å². The van der Waals surface area contributed by atoms with Crippen LogP contribution in [-0.4, -0.2) is 32.8 Å². The maximum atomic E-state index is 11.6. The fourth-order valence-corrected chi connectivity index (χ4v) is 2.85. The third-order valence-corrected chi connectivity index (χ3v) is 4.04. The highest BCUT2D eigenvalue weighted by molar-refractivity contribution is 5.71. The average molecular weight is 358 g/mol. The summed E-state index contributed by atoms with van der Waals surface area (Å²) in [4.78, 5) is 11.6. The van der Waals surface area contributed by atoms with Gasteiger partial charge in [0.15, 0.2) is 29.6 Å². The molecule has 26 heavy (non-hydrogen) atoms. The second-order valence-electron chi connectivity index (χ2n) is 5.77. The Labute approximate surface area is 150 Å². The minimum Gasteiger partial charge on any atom is -0.481 e. The summed E-state index contributed by atoms with van der Waals surface area (Å²) < 4.78 is 32.2. The summed E-state index contributed by atoms with van der Waals surface area (Å²) in [5, 5.41) is 0. The van der Waals surface area contributed by atoms with E-state index in [-0.39, 0.29) is 20.2 Å². The maximum absolute atomic E-state index is 11.6. The summed E-state index contributed by atoms with van der Waals surface area (Å²) in [6.07, 6.45) is 0.575. The summed E-state index contributed by atoms with van der Waals surface area (Å²) in [5.41, 5.74) is 1.89. The number of esters is 1. The van der Waals surface area contributed by atoms with Crippen molar-refractivity contribution in [3.8, 4) is 28.7 Å². The lowest BCUT2D eigenvalue weighted by atomic mass is 10.0. The van der Waals surface area contributed by atoms with Crippen LogP contribution in [-0.2, 0) is 16.0 Å². The Kier molecular flexibility index (Phi) is 4.43. The van der Waals surface area contributed by atoms with Gasteiger partial charge in [0.1, 0.15) is 5.75 Å². The number of carbonyl (C=O) groups excluding carboxylic acids is 1. The molecule has 0 saturated carbocycles. The molecule has 7 nitrogen and oxygen atoms in total. The van der Waals surface area contributed by atoms with Crippen molar-refractivity contribution in [3.63, 3.8) is 0 Å². The molecular formula is C19H18O7. The first-order valence-electron chi connectivity index (χ1n) is 8.32. The van der Waals surface area contributed by atoms with Gasteiger partial charge in [-0.25, -0.2) is 4.79 Å². The predicted molar refractivity (Wildman–Crippen MR) is 90.1 cm³/mol. The van der Waals surface area contributed by atoms with E-state index in [4.69, 9.17) is 28.4 Å². The van der Waals surface area contributed by atoms with E-state index in [0.717, 1.165) is 22.6 Å². The monoisotopic (exact) mass is 358 g/mol. The van der Waals surface area contributed by atoms with Crippen molar-refractivity contribution in [2.75, 3.05) is 26.8 Å². The number of hydrogen-bond donors (Lipinski definition) is 0. The van der Waals surface area contributed by atoms with E-state index >= 15 is 0 Å². The van der Waals surface area contributed by atoms with Gasteiger partial charge in [0.05, 0.1) is 6.61 Å². The zero-order chi connectivity index (χ0) is 17.9. The molecule has 7 heteroatoms. The standard InChI is InChI=1S/C19H18O7/c1-2-21-19(20)9-22-15-8-18-17(25-11-26-18)7-13(15)5-12-3-4-14-16(6-12)24-10-23-14/h3-4,6-8H,2,5,9-11H2,1H3. The summed E-state index contributed by atoms with van der Waals surface area (Å²) in [6, 6.07) is 9.39. The Balaban J connectivity index is 1.58. The predicted octanol–water partition coefficient (Wildman–Crippen LogP) is 2.68. The molecular weight excluding hydrogens is 340 g/mol. The van der Waals surface area contributed by atoms with Crippen LogP contribution in [0.15, 0.2) is 30.3 Å². The Hall–Kier alpha value is -3.09. The second kappa shape index (κ2) is 7.03. The maximum Gasteiger partial charge on any atom is 0.344 e. The number of benzene rings is 2. The van der Waals surface area contributed by atoms with Gasteiger partial charge in [-0.15, -0.1) is 0 Å². The van der Waals surface area contributed by atoms with Gasteiger partial charge < -0.3 is 28.4 Å². The molecule has 2 aliphatic heterocycles. The number of hydrogen-bond acceptors (Lipinski definition) is 7. The first kappa shape index (κ1) is 16.4. The Morgan fingerprint density at radius 1 is 0.962 bits per heavy atom. The lowest BCUT2D eigenvalue weighted by molar-refractivity contribution is -0.145. The summed E-state index contributed by atoms with van der Waals surface area (Å²) in [6.45, 7) is 2.30. The van der Waals surface area contributed by atoms with Crippen LogP contribution in [0.5, 0.6) is 28.7 Å². The smallest absolute Gasteiger partial charge is 0.344 e. The summed E-state index contributed by atoms with van der Waals surface area (Å²) >= 11 is 0. The molecule has 2 heterocycles. The van der Waals surface area contributed by atoms with Crippen LogP contribution in [0.25, 0.3) is 0 Å². The topological polar surface area (TPSA) is 72.5 Å². The number of fused-ring (bicyclic) bond motifs is 2. The van der Waals surface area contributed by atoms with Crippen molar-refractivity contribution < 1.29 is 33.2 Å². The Morgan fingerprint density at radius 2 is 1.65 bits per heavy atom. The van der Waals surface area contributed by atoms with Crippen LogP contribution in [0, 0.1) is 0 Å². The first-order chi connectivity index (χ1) is 12.7. The third kappa shape index (κ3) is 3.33. The zero-order valence-electron chi connectivity index (χ0n) is 14.3. The lowest BCUT2D eigenvalue weighted by Gasteiger charge is -2.13. The normalized spacial score (nSPS) is 13.6. The van der Waals surface area contributed by atoms with Gasteiger partial charge in [-0.2, -0.15) is 0 Å². The number of rotatable bonds is 6. The largest absolute Gasteiger partial charge is 0.481 e. The quantitative estimate of drug-likeness (QED) is 0.735. The fourth-order valence-electron chi connectivity index (χ4n) is 2.85.